The van der Waals surface area contributed by atoms with Crippen molar-refractivity contribution in [3.8, 4) is 5.75 Å². The fraction of sp³-hybridized carbons (Fsp3) is 0.538. The summed E-state index contributed by atoms with van der Waals surface area (Å²) in [6.45, 7) is 3.35. The molecule has 168 valence electrons. The number of likely N-dealkylation sites (tertiary alicyclic amines) is 1. The zero-order valence-electron chi connectivity index (χ0n) is 18.8. The molecule has 2 aromatic rings. The van der Waals surface area contributed by atoms with Gasteiger partial charge in [-0.15, -0.1) is 0 Å². The Morgan fingerprint density at radius 2 is 1.97 bits per heavy atom. The number of rotatable bonds is 4. The molecule has 1 aromatic carbocycles. The van der Waals surface area contributed by atoms with Crippen LogP contribution in [0.1, 0.15) is 52.0 Å². The van der Waals surface area contributed by atoms with Gasteiger partial charge in [0.15, 0.2) is 0 Å². The van der Waals surface area contributed by atoms with E-state index in [1.807, 2.05) is 0 Å². The summed E-state index contributed by atoms with van der Waals surface area (Å²) < 4.78 is 10.5. The van der Waals surface area contributed by atoms with Crippen LogP contribution in [0.25, 0.3) is 0 Å². The Morgan fingerprint density at radius 1 is 1.16 bits per heavy atom. The van der Waals surface area contributed by atoms with Gasteiger partial charge in [0, 0.05) is 29.6 Å². The second kappa shape index (κ2) is 6.95. The monoisotopic (exact) mass is 434 g/mol. The Bertz CT molecular complexity index is 1170. The summed E-state index contributed by atoms with van der Waals surface area (Å²) in [7, 11) is 3.05. The molecule has 4 aliphatic rings. The van der Waals surface area contributed by atoms with Crippen molar-refractivity contribution < 1.29 is 14.3 Å². The molecule has 6 rings (SSSR count). The van der Waals surface area contributed by atoms with Gasteiger partial charge >= 0.3 is 5.97 Å². The Kier molecular flexibility index (Phi) is 4.35. The van der Waals surface area contributed by atoms with Crippen LogP contribution in [0.5, 0.6) is 5.75 Å². The molecule has 1 aliphatic heterocycles. The number of pyridine rings is 1. The van der Waals surface area contributed by atoms with Crippen molar-refractivity contribution >= 4 is 5.97 Å². The quantitative estimate of drug-likeness (QED) is 0.750. The molecule has 2 heterocycles. The first-order valence-corrected chi connectivity index (χ1v) is 11.7. The number of benzene rings is 1. The smallest absolute Gasteiger partial charge is 0.343 e. The second-order valence-corrected chi connectivity index (χ2v) is 10.4. The average Bonchev–Trinajstić information content (AvgIpc) is 3.56. The SMILES string of the molecule is COC(=O)c1cc2c([nH]c1=O)CC13CCN(CC4CC4)CC1(Cc1ccc(OC)cc13)C2. The molecule has 0 bridgehead atoms. The van der Waals surface area contributed by atoms with Crippen molar-refractivity contribution in [3.05, 3.63) is 62.6 Å². The Labute approximate surface area is 187 Å². The number of carbonyl (C=O) groups excluding carboxylic acids is 1. The number of ether oxygens (including phenoxy) is 2. The fourth-order valence-corrected chi connectivity index (χ4v) is 6.90. The molecule has 1 saturated heterocycles. The van der Waals surface area contributed by atoms with Gasteiger partial charge in [-0.25, -0.2) is 4.79 Å². The van der Waals surface area contributed by atoms with Crippen LogP contribution in [0.3, 0.4) is 0 Å². The lowest BCUT2D eigenvalue weighted by Crippen LogP contribution is -2.60. The van der Waals surface area contributed by atoms with Crippen LogP contribution < -0.4 is 10.3 Å². The van der Waals surface area contributed by atoms with Crippen molar-refractivity contribution in [1.82, 2.24) is 9.88 Å². The van der Waals surface area contributed by atoms with E-state index in [1.165, 1.54) is 37.6 Å². The van der Waals surface area contributed by atoms with Gasteiger partial charge in [0.2, 0.25) is 0 Å². The summed E-state index contributed by atoms with van der Waals surface area (Å²) in [5, 5.41) is 0. The van der Waals surface area contributed by atoms with Crippen LogP contribution in [0.2, 0.25) is 0 Å². The summed E-state index contributed by atoms with van der Waals surface area (Å²) in [6.07, 6.45) is 6.49. The normalized spacial score (nSPS) is 28.3. The molecule has 32 heavy (non-hydrogen) atoms. The van der Waals surface area contributed by atoms with Crippen LogP contribution in [0.4, 0.5) is 0 Å². The van der Waals surface area contributed by atoms with Crippen LogP contribution in [0.15, 0.2) is 29.1 Å². The van der Waals surface area contributed by atoms with Crippen LogP contribution in [-0.2, 0) is 29.4 Å². The van der Waals surface area contributed by atoms with E-state index in [4.69, 9.17) is 9.47 Å². The van der Waals surface area contributed by atoms with Crippen LogP contribution in [-0.4, -0.2) is 49.7 Å². The lowest BCUT2D eigenvalue weighted by atomic mass is 9.52. The lowest BCUT2D eigenvalue weighted by molar-refractivity contribution is 0.00110. The number of nitrogens with one attached hydrogen (secondary N) is 1. The lowest BCUT2D eigenvalue weighted by Gasteiger charge is -2.56. The minimum atomic E-state index is -0.568. The van der Waals surface area contributed by atoms with Gasteiger partial charge in [0.1, 0.15) is 11.3 Å². The van der Waals surface area contributed by atoms with Gasteiger partial charge < -0.3 is 19.4 Å². The molecule has 6 nitrogen and oxygen atoms in total. The first kappa shape index (κ1) is 20.0. The maximum absolute atomic E-state index is 12.7. The predicted molar refractivity (Wildman–Crippen MR) is 120 cm³/mol. The Balaban J connectivity index is 1.48. The molecule has 0 amide bonds. The number of H-pyrrole nitrogens is 1. The topological polar surface area (TPSA) is 71.6 Å². The summed E-state index contributed by atoms with van der Waals surface area (Å²) >= 11 is 0. The third-order valence-electron chi connectivity index (χ3n) is 8.60. The number of piperidine rings is 1. The van der Waals surface area contributed by atoms with E-state index in [0.717, 1.165) is 61.7 Å². The van der Waals surface area contributed by atoms with Crippen molar-refractivity contribution in [1.29, 1.82) is 0 Å². The van der Waals surface area contributed by atoms with Gasteiger partial charge in [-0.3, -0.25) is 4.79 Å². The van der Waals surface area contributed by atoms with E-state index in [0.29, 0.717) is 0 Å². The average molecular weight is 435 g/mol. The summed E-state index contributed by atoms with van der Waals surface area (Å²) in [5.41, 5.74) is 4.67. The van der Waals surface area contributed by atoms with E-state index >= 15 is 0 Å². The molecule has 0 spiro atoms. The zero-order chi connectivity index (χ0) is 22.1. The molecular formula is C26H30N2O4. The molecule has 1 saturated carbocycles. The van der Waals surface area contributed by atoms with E-state index < -0.39 is 5.97 Å². The number of hydrogen-bond acceptors (Lipinski definition) is 5. The molecule has 0 radical (unpaired) electrons. The number of aromatic amines is 1. The highest BCUT2D eigenvalue weighted by Crippen LogP contribution is 2.62. The summed E-state index contributed by atoms with van der Waals surface area (Å²) in [4.78, 5) is 30.6. The molecule has 2 atom stereocenters. The molecule has 3 aliphatic carbocycles. The van der Waals surface area contributed by atoms with E-state index in [9.17, 15) is 9.59 Å². The summed E-state index contributed by atoms with van der Waals surface area (Å²) in [6, 6.07) is 8.34. The maximum Gasteiger partial charge on any atom is 0.343 e. The fourth-order valence-electron chi connectivity index (χ4n) is 6.90. The standard InChI is InChI=1S/C26H30N2O4/c1-31-19-6-5-17-11-25-12-18-9-20(24(30)32-2)23(29)27-22(18)13-26(25,21(17)10-19)7-8-28(15-25)14-16-3-4-16/h5-6,9-10,16H,3-4,7-8,11-15H2,1-2H3,(H,27,29). The van der Waals surface area contributed by atoms with Gasteiger partial charge in [-0.1, -0.05) is 6.07 Å². The van der Waals surface area contributed by atoms with Gasteiger partial charge in [-0.2, -0.15) is 0 Å². The number of carbonyl (C=O) groups is 1. The minimum absolute atomic E-state index is 0.0142. The van der Waals surface area contributed by atoms with Crippen LogP contribution >= 0.6 is 0 Å². The molecule has 1 N–H and O–H groups in total. The Morgan fingerprint density at radius 3 is 2.72 bits per heavy atom. The number of hydrogen-bond donors (Lipinski definition) is 1. The predicted octanol–water partition coefficient (Wildman–Crippen LogP) is 2.86. The van der Waals surface area contributed by atoms with Crippen molar-refractivity contribution in [2.24, 2.45) is 11.3 Å². The van der Waals surface area contributed by atoms with E-state index in [-0.39, 0.29) is 22.0 Å². The number of methoxy groups -OCH3 is 2. The second-order valence-electron chi connectivity index (χ2n) is 10.4. The van der Waals surface area contributed by atoms with Gasteiger partial charge in [0.25, 0.3) is 5.56 Å². The number of aromatic nitrogens is 1. The van der Waals surface area contributed by atoms with Crippen LogP contribution in [0, 0.1) is 11.3 Å². The highest BCUT2D eigenvalue weighted by Gasteiger charge is 2.61. The maximum atomic E-state index is 12.7. The van der Waals surface area contributed by atoms with Crippen molar-refractivity contribution in [3.63, 3.8) is 0 Å². The van der Waals surface area contributed by atoms with Crippen molar-refractivity contribution in [2.45, 2.75) is 43.9 Å². The molecule has 2 fully saturated rings. The zero-order valence-corrected chi connectivity index (χ0v) is 18.8. The molecule has 2 unspecified atom stereocenters. The first-order chi connectivity index (χ1) is 15.5. The highest BCUT2D eigenvalue weighted by atomic mass is 16.5. The van der Waals surface area contributed by atoms with Crippen molar-refractivity contribution in [2.75, 3.05) is 33.9 Å². The molecule has 6 heteroatoms. The van der Waals surface area contributed by atoms with E-state index in [2.05, 4.69) is 28.1 Å². The number of fused-ring (bicyclic) bond motifs is 2. The largest absolute Gasteiger partial charge is 0.497 e. The van der Waals surface area contributed by atoms with E-state index in [1.54, 1.807) is 13.2 Å². The number of esters is 1. The Hall–Kier alpha value is -2.60. The van der Waals surface area contributed by atoms with Gasteiger partial charge in [-0.05, 0) is 85.9 Å². The highest BCUT2D eigenvalue weighted by molar-refractivity contribution is 5.89. The molecular weight excluding hydrogens is 404 g/mol. The summed E-state index contributed by atoms with van der Waals surface area (Å²) in [5.74, 6) is 1.19. The number of nitrogens with zero attached hydrogens (tertiary/aromatic N) is 1. The van der Waals surface area contributed by atoms with Gasteiger partial charge in [0.05, 0.1) is 14.2 Å². The minimum Gasteiger partial charge on any atom is -0.497 e. The third-order valence-corrected chi connectivity index (χ3v) is 8.60. The first-order valence-electron chi connectivity index (χ1n) is 11.7. The third kappa shape index (κ3) is 2.81. The molecule has 1 aromatic heterocycles.